The number of hydrogen-bond donors (Lipinski definition) is 1. The highest BCUT2D eigenvalue weighted by molar-refractivity contribution is 9.10. The molecule has 1 aliphatic carbocycles. The van der Waals surface area contributed by atoms with Crippen molar-refractivity contribution in [1.29, 1.82) is 0 Å². The number of hydrogen-bond acceptors (Lipinski definition) is 1. The van der Waals surface area contributed by atoms with E-state index in [4.69, 9.17) is 5.73 Å². The van der Waals surface area contributed by atoms with Gasteiger partial charge in [-0.25, -0.2) is 0 Å². The Kier molecular flexibility index (Phi) is 4.19. The molecule has 0 bridgehead atoms. The van der Waals surface area contributed by atoms with Crippen LogP contribution in [0.5, 0.6) is 0 Å². The maximum absolute atomic E-state index is 6.64. The van der Waals surface area contributed by atoms with Crippen molar-refractivity contribution in [3.8, 4) is 0 Å². The number of benzene rings is 2. The summed E-state index contributed by atoms with van der Waals surface area (Å²) in [4.78, 5) is 0. The molecule has 0 saturated carbocycles. The highest BCUT2D eigenvalue weighted by Crippen LogP contribution is 2.29. The molecular formula is C19H22BrN. The molecular weight excluding hydrogens is 322 g/mol. The minimum absolute atomic E-state index is 0.326. The first-order chi connectivity index (χ1) is 10.0. The second-order valence-electron chi connectivity index (χ2n) is 6.41. The van der Waals surface area contributed by atoms with E-state index in [1.807, 2.05) is 0 Å². The fourth-order valence-corrected chi connectivity index (χ4v) is 3.71. The Morgan fingerprint density at radius 3 is 2.57 bits per heavy atom. The first kappa shape index (κ1) is 14.8. The first-order valence-electron chi connectivity index (χ1n) is 7.70. The lowest BCUT2D eigenvalue weighted by Gasteiger charge is -2.28. The Balaban J connectivity index is 1.87. The summed E-state index contributed by atoms with van der Waals surface area (Å²) >= 11 is 3.53. The molecule has 1 atom stereocenters. The van der Waals surface area contributed by atoms with Crippen LogP contribution in [-0.4, -0.2) is 0 Å². The Labute approximate surface area is 135 Å². The summed E-state index contributed by atoms with van der Waals surface area (Å²) in [6.07, 6.45) is 5.91. The van der Waals surface area contributed by atoms with E-state index in [-0.39, 0.29) is 5.54 Å². The van der Waals surface area contributed by atoms with E-state index in [1.165, 1.54) is 47.9 Å². The molecule has 0 fully saturated rings. The van der Waals surface area contributed by atoms with E-state index in [9.17, 15) is 0 Å². The Morgan fingerprint density at radius 2 is 1.81 bits per heavy atom. The van der Waals surface area contributed by atoms with E-state index < -0.39 is 0 Å². The van der Waals surface area contributed by atoms with Crippen LogP contribution < -0.4 is 5.73 Å². The first-order valence-corrected chi connectivity index (χ1v) is 8.49. The Morgan fingerprint density at radius 1 is 1.05 bits per heavy atom. The smallest absolute Gasteiger partial charge is 0.0421 e. The Hall–Kier alpha value is -1.12. The van der Waals surface area contributed by atoms with Crippen molar-refractivity contribution in [3.05, 3.63) is 69.2 Å². The van der Waals surface area contributed by atoms with Crippen molar-refractivity contribution >= 4 is 15.9 Å². The van der Waals surface area contributed by atoms with Crippen LogP contribution in [0, 0.1) is 0 Å². The van der Waals surface area contributed by atoms with Gasteiger partial charge in [-0.15, -0.1) is 0 Å². The molecule has 2 heteroatoms. The van der Waals surface area contributed by atoms with Crippen LogP contribution >= 0.6 is 15.9 Å². The van der Waals surface area contributed by atoms with Gasteiger partial charge in [0.25, 0.3) is 0 Å². The van der Waals surface area contributed by atoms with Gasteiger partial charge in [-0.1, -0.05) is 46.3 Å². The molecule has 110 valence electrons. The zero-order chi connectivity index (χ0) is 14.9. The molecule has 0 aliphatic heterocycles. The normalized spacial score (nSPS) is 17.1. The third kappa shape index (κ3) is 3.38. The van der Waals surface area contributed by atoms with Crippen LogP contribution in [0.3, 0.4) is 0 Å². The molecule has 2 N–H and O–H groups in total. The van der Waals surface area contributed by atoms with Crippen LogP contribution in [-0.2, 0) is 24.8 Å². The van der Waals surface area contributed by atoms with E-state index >= 15 is 0 Å². The van der Waals surface area contributed by atoms with E-state index in [0.29, 0.717) is 0 Å². The molecule has 0 saturated heterocycles. The molecule has 0 radical (unpaired) electrons. The summed E-state index contributed by atoms with van der Waals surface area (Å²) in [7, 11) is 0. The van der Waals surface area contributed by atoms with Crippen LogP contribution in [0.15, 0.2) is 46.9 Å². The molecule has 1 aliphatic rings. The zero-order valence-corrected chi connectivity index (χ0v) is 14.1. The molecule has 0 spiro atoms. The average molecular weight is 344 g/mol. The van der Waals surface area contributed by atoms with Gasteiger partial charge >= 0.3 is 0 Å². The number of halogens is 1. The predicted octanol–water partition coefficient (Wildman–Crippen LogP) is 4.74. The molecule has 2 aromatic rings. The molecule has 0 aromatic heterocycles. The van der Waals surface area contributed by atoms with Crippen LogP contribution in [0.1, 0.15) is 42.0 Å². The highest BCUT2D eigenvalue weighted by Gasteiger charge is 2.23. The average Bonchev–Trinajstić information content (AvgIpc) is 2.46. The summed E-state index contributed by atoms with van der Waals surface area (Å²) < 4.78 is 1.11. The third-order valence-electron chi connectivity index (χ3n) is 4.47. The maximum atomic E-state index is 6.64. The van der Waals surface area contributed by atoms with Gasteiger partial charge in [0.1, 0.15) is 0 Å². The molecule has 21 heavy (non-hydrogen) atoms. The molecule has 0 amide bonds. The van der Waals surface area contributed by atoms with Crippen molar-refractivity contribution in [2.24, 2.45) is 5.73 Å². The van der Waals surface area contributed by atoms with Gasteiger partial charge in [-0.3, -0.25) is 0 Å². The number of nitrogens with two attached hydrogens (primary N) is 1. The lowest BCUT2D eigenvalue weighted by atomic mass is 9.82. The summed E-state index contributed by atoms with van der Waals surface area (Å²) in [5.41, 5.74) is 11.9. The quantitative estimate of drug-likeness (QED) is 0.855. The molecule has 2 aromatic carbocycles. The summed E-state index contributed by atoms with van der Waals surface area (Å²) in [5.74, 6) is 0. The third-order valence-corrected chi connectivity index (χ3v) is 4.96. The van der Waals surface area contributed by atoms with Crippen molar-refractivity contribution in [2.45, 2.75) is 44.6 Å². The van der Waals surface area contributed by atoms with Crippen molar-refractivity contribution in [3.63, 3.8) is 0 Å². The summed E-state index contributed by atoms with van der Waals surface area (Å²) in [6, 6.07) is 15.3. The van der Waals surface area contributed by atoms with Crippen LogP contribution in [0.25, 0.3) is 0 Å². The minimum atomic E-state index is -0.326. The van der Waals surface area contributed by atoms with Gasteiger partial charge in [-0.2, -0.15) is 0 Å². The van der Waals surface area contributed by atoms with E-state index in [0.717, 1.165) is 10.9 Å². The van der Waals surface area contributed by atoms with Gasteiger partial charge < -0.3 is 5.73 Å². The number of aryl methyl sites for hydroxylation is 2. The molecule has 1 nitrogen and oxygen atoms in total. The largest absolute Gasteiger partial charge is 0.321 e. The fourth-order valence-electron chi connectivity index (χ4n) is 3.26. The maximum Gasteiger partial charge on any atom is 0.0421 e. The topological polar surface area (TPSA) is 26.0 Å². The van der Waals surface area contributed by atoms with Gasteiger partial charge in [0.2, 0.25) is 0 Å². The van der Waals surface area contributed by atoms with Crippen LogP contribution in [0.2, 0.25) is 0 Å². The van der Waals surface area contributed by atoms with E-state index in [1.54, 1.807) is 0 Å². The second-order valence-corrected chi connectivity index (χ2v) is 7.33. The highest BCUT2D eigenvalue weighted by atomic mass is 79.9. The van der Waals surface area contributed by atoms with Crippen molar-refractivity contribution < 1.29 is 0 Å². The molecule has 1 unspecified atom stereocenters. The lowest BCUT2D eigenvalue weighted by molar-refractivity contribution is 0.490. The number of fused-ring (bicyclic) bond motifs is 1. The minimum Gasteiger partial charge on any atom is -0.321 e. The SMILES string of the molecule is CC(N)(Cc1cccc(Br)c1)c1ccc2c(c1)CCCC2. The standard InChI is InChI=1S/C19H22BrN/c1-19(21,13-14-5-4-8-18(20)11-14)17-10-9-15-6-2-3-7-16(15)12-17/h4-5,8-12H,2-3,6-7,13,21H2,1H3. The van der Waals surface area contributed by atoms with Gasteiger partial charge in [0.05, 0.1) is 0 Å². The monoisotopic (exact) mass is 343 g/mol. The zero-order valence-electron chi connectivity index (χ0n) is 12.5. The van der Waals surface area contributed by atoms with Crippen molar-refractivity contribution in [1.82, 2.24) is 0 Å². The second kappa shape index (κ2) is 5.94. The molecule has 3 rings (SSSR count). The fraction of sp³-hybridized carbons (Fsp3) is 0.368. The van der Waals surface area contributed by atoms with E-state index in [2.05, 4.69) is 65.3 Å². The predicted molar refractivity (Wildman–Crippen MR) is 92.5 cm³/mol. The molecule has 0 heterocycles. The lowest BCUT2D eigenvalue weighted by Crippen LogP contribution is -2.35. The van der Waals surface area contributed by atoms with Crippen LogP contribution in [0.4, 0.5) is 0 Å². The summed E-state index contributed by atoms with van der Waals surface area (Å²) in [6.45, 7) is 2.14. The van der Waals surface area contributed by atoms with Gasteiger partial charge in [-0.05, 0) is 73.4 Å². The Bertz CT molecular complexity index is 646. The number of rotatable bonds is 3. The van der Waals surface area contributed by atoms with Gasteiger partial charge in [0, 0.05) is 10.0 Å². The summed E-state index contributed by atoms with van der Waals surface area (Å²) in [5, 5.41) is 0. The van der Waals surface area contributed by atoms with Crippen molar-refractivity contribution in [2.75, 3.05) is 0 Å². The van der Waals surface area contributed by atoms with Gasteiger partial charge in [0.15, 0.2) is 0 Å².